The molecule has 4 rings (SSSR count). The number of tetrazole rings is 1. The van der Waals surface area contributed by atoms with Crippen LogP contribution in [0.15, 0.2) is 59.7 Å². The fraction of sp³-hybridized carbons (Fsp3) is 0.350. The highest BCUT2D eigenvalue weighted by molar-refractivity contribution is 5.24. The molecule has 1 atom stereocenters. The van der Waals surface area contributed by atoms with Gasteiger partial charge in [0.25, 0.3) is 0 Å². The Balaban J connectivity index is 1.66. The van der Waals surface area contributed by atoms with Crippen LogP contribution in [-0.4, -0.2) is 52.9 Å². The van der Waals surface area contributed by atoms with Crippen molar-refractivity contribution >= 4 is 0 Å². The Kier molecular flexibility index (Phi) is 5.59. The summed E-state index contributed by atoms with van der Waals surface area (Å²) in [7, 11) is 0. The third-order valence-corrected chi connectivity index (χ3v) is 5.36. The number of halogens is 1. The smallest absolute Gasteiger partial charge is 0.214 e. The van der Waals surface area contributed by atoms with Gasteiger partial charge in [0.1, 0.15) is 44.3 Å². The molecule has 1 aliphatic heterocycles. The zero-order valence-corrected chi connectivity index (χ0v) is 15.7. The molecule has 3 heterocycles. The number of rotatable bonds is 7. The molecule has 0 unspecified atom stereocenters. The molecule has 1 saturated heterocycles. The Morgan fingerprint density at radius 1 is 1.18 bits per heavy atom. The first-order valence-corrected chi connectivity index (χ1v) is 9.58. The van der Waals surface area contributed by atoms with Crippen molar-refractivity contribution in [1.82, 2.24) is 20.2 Å². The molecule has 0 aliphatic carbocycles. The van der Waals surface area contributed by atoms with Gasteiger partial charge in [-0.05, 0) is 40.8 Å². The lowest BCUT2D eigenvalue weighted by Crippen LogP contribution is -3.28. The van der Waals surface area contributed by atoms with E-state index in [1.807, 2.05) is 30.3 Å². The van der Waals surface area contributed by atoms with Gasteiger partial charge in [-0.1, -0.05) is 18.7 Å². The van der Waals surface area contributed by atoms with Crippen LogP contribution in [0, 0.1) is 5.82 Å². The molecular formula is C20H25FN6O+2. The molecule has 0 bridgehead atoms. The quantitative estimate of drug-likeness (QED) is 0.540. The van der Waals surface area contributed by atoms with E-state index >= 15 is 0 Å². The summed E-state index contributed by atoms with van der Waals surface area (Å²) in [5.74, 6) is 1.19. The van der Waals surface area contributed by atoms with Crippen molar-refractivity contribution in [2.75, 3.05) is 32.7 Å². The van der Waals surface area contributed by atoms with Crippen LogP contribution < -0.4 is 9.80 Å². The van der Waals surface area contributed by atoms with Crippen LogP contribution in [0.25, 0.3) is 0 Å². The highest BCUT2D eigenvalue weighted by atomic mass is 19.1. The molecule has 0 saturated carbocycles. The van der Waals surface area contributed by atoms with E-state index in [0.29, 0.717) is 17.9 Å². The molecular weight excluding hydrogens is 359 g/mol. The second kappa shape index (κ2) is 8.45. The summed E-state index contributed by atoms with van der Waals surface area (Å²) in [6.07, 6.45) is 3.58. The lowest BCUT2D eigenvalue weighted by atomic mass is 10.0. The van der Waals surface area contributed by atoms with Crippen molar-refractivity contribution in [2.24, 2.45) is 0 Å². The van der Waals surface area contributed by atoms with E-state index in [2.05, 4.69) is 22.1 Å². The molecule has 2 N–H and O–H groups in total. The third-order valence-electron chi connectivity index (χ3n) is 5.36. The van der Waals surface area contributed by atoms with Crippen LogP contribution >= 0.6 is 0 Å². The predicted molar refractivity (Wildman–Crippen MR) is 100 cm³/mol. The summed E-state index contributed by atoms with van der Waals surface area (Å²) in [5, 5.41) is 12.3. The maximum Gasteiger partial charge on any atom is 0.214 e. The summed E-state index contributed by atoms with van der Waals surface area (Å²) in [5.41, 5.74) is 0.625. The van der Waals surface area contributed by atoms with E-state index in [-0.39, 0.29) is 11.9 Å². The first kappa shape index (κ1) is 18.5. The van der Waals surface area contributed by atoms with Crippen LogP contribution in [0.3, 0.4) is 0 Å². The molecule has 7 nitrogen and oxygen atoms in total. The van der Waals surface area contributed by atoms with E-state index in [1.165, 1.54) is 15.9 Å². The molecule has 8 heteroatoms. The minimum absolute atomic E-state index is 0.228. The molecule has 2 aromatic heterocycles. The van der Waals surface area contributed by atoms with Gasteiger partial charge >= 0.3 is 0 Å². The first-order chi connectivity index (χ1) is 13.8. The molecule has 0 spiro atoms. The fourth-order valence-corrected chi connectivity index (χ4v) is 3.95. The summed E-state index contributed by atoms with van der Waals surface area (Å²) in [6, 6.07) is 10.4. The maximum absolute atomic E-state index is 14.8. The minimum Gasteiger partial charge on any atom is -0.467 e. The van der Waals surface area contributed by atoms with E-state index < -0.39 is 0 Å². The summed E-state index contributed by atoms with van der Waals surface area (Å²) < 4.78 is 21.9. The maximum atomic E-state index is 14.8. The molecule has 28 heavy (non-hydrogen) atoms. The molecule has 0 amide bonds. The average Bonchev–Trinajstić information content (AvgIpc) is 3.38. The van der Waals surface area contributed by atoms with Gasteiger partial charge in [0, 0.05) is 0 Å². The zero-order valence-electron chi connectivity index (χ0n) is 15.7. The number of nitrogens with one attached hydrogen (secondary N) is 2. The number of piperazine rings is 1. The van der Waals surface area contributed by atoms with Gasteiger partial charge < -0.3 is 14.2 Å². The topological polar surface area (TPSA) is 65.6 Å². The van der Waals surface area contributed by atoms with Gasteiger partial charge in [0.05, 0.1) is 18.4 Å². The molecule has 1 aliphatic rings. The van der Waals surface area contributed by atoms with E-state index in [4.69, 9.17) is 4.42 Å². The number of hydrogen-bond acceptors (Lipinski definition) is 4. The molecule has 3 aromatic rings. The SMILES string of the molecule is C=CC[NH+]1CC[NH+]([C@@H](c2ccccc2F)c2nnnn2Cc2ccco2)CC1. The largest absolute Gasteiger partial charge is 0.467 e. The lowest BCUT2D eigenvalue weighted by Gasteiger charge is -2.33. The van der Waals surface area contributed by atoms with Crippen molar-refractivity contribution in [3.05, 3.63) is 78.3 Å². The van der Waals surface area contributed by atoms with Gasteiger partial charge in [-0.2, -0.15) is 0 Å². The van der Waals surface area contributed by atoms with Crippen LogP contribution in [-0.2, 0) is 6.54 Å². The second-order valence-electron chi connectivity index (χ2n) is 7.13. The van der Waals surface area contributed by atoms with Gasteiger partial charge in [0.15, 0.2) is 6.04 Å². The number of nitrogens with zero attached hydrogens (tertiary/aromatic N) is 4. The summed E-state index contributed by atoms with van der Waals surface area (Å²) >= 11 is 0. The Morgan fingerprint density at radius 3 is 2.71 bits per heavy atom. The Hall–Kier alpha value is -2.84. The van der Waals surface area contributed by atoms with Crippen molar-refractivity contribution in [1.29, 1.82) is 0 Å². The molecule has 1 fully saturated rings. The van der Waals surface area contributed by atoms with Gasteiger partial charge in [-0.25, -0.2) is 9.07 Å². The van der Waals surface area contributed by atoms with Crippen molar-refractivity contribution < 1.29 is 18.6 Å². The van der Waals surface area contributed by atoms with E-state index in [1.54, 1.807) is 17.0 Å². The van der Waals surface area contributed by atoms with Gasteiger partial charge in [-0.3, -0.25) is 0 Å². The number of furan rings is 1. The van der Waals surface area contributed by atoms with Gasteiger partial charge in [-0.15, -0.1) is 5.10 Å². The Morgan fingerprint density at radius 2 is 2.00 bits per heavy atom. The molecule has 0 radical (unpaired) electrons. The number of quaternary nitrogens is 2. The second-order valence-corrected chi connectivity index (χ2v) is 7.13. The molecule has 1 aromatic carbocycles. The van der Waals surface area contributed by atoms with Crippen LogP contribution in [0.4, 0.5) is 4.39 Å². The number of aromatic nitrogens is 4. The monoisotopic (exact) mass is 384 g/mol. The molecule has 146 valence electrons. The summed E-state index contributed by atoms with van der Waals surface area (Å²) in [6.45, 7) is 9.05. The normalized spacial score (nSPS) is 20.8. The van der Waals surface area contributed by atoms with Crippen LogP contribution in [0.2, 0.25) is 0 Å². The lowest BCUT2D eigenvalue weighted by molar-refractivity contribution is -1.02. The Bertz CT molecular complexity index is 901. The summed E-state index contributed by atoms with van der Waals surface area (Å²) in [4.78, 5) is 2.77. The van der Waals surface area contributed by atoms with Crippen molar-refractivity contribution in [3.8, 4) is 0 Å². The highest BCUT2D eigenvalue weighted by Gasteiger charge is 2.36. The minimum atomic E-state index is -0.267. The zero-order chi connectivity index (χ0) is 19.3. The third kappa shape index (κ3) is 3.88. The van der Waals surface area contributed by atoms with E-state index in [9.17, 15) is 4.39 Å². The number of benzene rings is 1. The van der Waals surface area contributed by atoms with Gasteiger partial charge in [0.2, 0.25) is 5.82 Å². The first-order valence-electron chi connectivity index (χ1n) is 9.58. The number of hydrogen-bond donors (Lipinski definition) is 2. The van der Waals surface area contributed by atoms with E-state index in [0.717, 1.165) is 38.5 Å². The highest BCUT2D eigenvalue weighted by Crippen LogP contribution is 2.20. The van der Waals surface area contributed by atoms with Crippen LogP contribution in [0.1, 0.15) is 23.2 Å². The Labute approximate surface area is 163 Å². The average molecular weight is 384 g/mol. The van der Waals surface area contributed by atoms with Crippen LogP contribution in [0.5, 0.6) is 0 Å². The fourth-order valence-electron chi connectivity index (χ4n) is 3.95. The van der Waals surface area contributed by atoms with Crippen molar-refractivity contribution in [3.63, 3.8) is 0 Å². The standard InChI is InChI=1S/C20H23FN6O/c1-2-9-25-10-12-26(13-11-25)19(17-7-3-4-8-18(17)21)20-22-23-24-27(20)15-16-6-5-14-28-16/h2-8,14,19H,1,9-13,15H2/p+2/t19-/m0/s1. The van der Waals surface area contributed by atoms with Crippen molar-refractivity contribution in [2.45, 2.75) is 12.6 Å². The predicted octanol–water partition coefficient (Wildman–Crippen LogP) is -0.488.